The van der Waals surface area contributed by atoms with E-state index >= 15 is 0 Å². The second-order valence-corrected chi connectivity index (χ2v) is 50.7. The molecule has 1 aromatic heterocycles. The predicted octanol–water partition coefficient (Wildman–Crippen LogP) is -7.50. The van der Waals surface area contributed by atoms with Crippen LogP contribution in [0.5, 0.6) is 0 Å². The molecule has 3 amide bonds. The molecule has 0 spiro atoms. The van der Waals surface area contributed by atoms with Gasteiger partial charge in [-0.15, -0.1) is 5.10 Å². The summed E-state index contributed by atoms with van der Waals surface area (Å²) < 4.78 is 168. The molecule has 54 heteroatoms. The van der Waals surface area contributed by atoms with Crippen molar-refractivity contribution in [2.45, 2.75) is 259 Å². The molecular weight excluding hydrogens is 2120 g/mol. The Morgan fingerprint density at radius 1 is 0.546 bits per heavy atom. The number of aliphatic hydroxyl groups excluding tert-OH is 1. The Labute approximate surface area is 1030 Å². The van der Waals surface area contributed by atoms with Gasteiger partial charge < -0.3 is 83.2 Å². The minimum atomic E-state index is -4.45. The van der Waals surface area contributed by atoms with E-state index in [1.807, 2.05) is 83.9 Å². The van der Waals surface area contributed by atoms with Crippen molar-refractivity contribution in [3.05, 3.63) is 120 Å². The molecule has 7 atom stereocenters. The molecule has 7 rings (SSSR count). The third-order valence-electron chi connectivity index (χ3n) is 20.5. The summed E-state index contributed by atoms with van der Waals surface area (Å²) in [5.41, 5.74) is 38.9. The minimum absolute atomic E-state index is 0. The summed E-state index contributed by atoms with van der Waals surface area (Å²) in [4.78, 5) is 67.5. The number of hydrogen-bond acceptors (Lipinski definition) is 39. The minimum Gasteiger partial charge on any atom is -0.748 e. The van der Waals surface area contributed by atoms with Crippen LogP contribution in [-0.4, -0.2) is 283 Å². The van der Waals surface area contributed by atoms with Gasteiger partial charge in [-0.3, -0.25) is 33.6 Å². The Hall–Kier alpha value is 1.11. The van der Waals surface area contributed by atoms with Crippen LogP contribution in [0.2, 0.25) is 0 Å². The SMILES string of the molecule is CC(C)(CSCCN)C(=O)OCCCS(=O)(=O)[O-].CC(CON1C(C)(C)CC(N)CC1(C)C)c1ccc(S(=O)(=O)[O-])cc1.CC(CON1C(C)(C)CC(O)CC1(C)C)C(=O)NC(C)(C)CS(=O)(=O)[O-].CC(CSC(C)(C)CN)c1ccc(S(=O)(=O)[O-])cc1.CC(CSCC(N)C(=O)O)c1ccc(S(=O)(=O)[O-])cc1.CC(CSCCN)C(N)=O.CC(CSc1nnnn1-c1ccccc1)C(N)=O.[K+].[K+].[K+].[Na+].[Na+]. The normalized spacial score (nSPS) is 16.3. The number of tetrazole rings is 1. The smallest absolute Gasteiger partial charge is 0.748 e. The molecule has 3 heterocycles. The standard InChI is InChI=1S/C18H30N2O4S.C17H34N2O6S.C13H21NO3S2.C12H17NO5S2.C11H13N5OS.C10H21NO5S2.C6H14N2OS.3K.2Na/c1-13(14-6-8-16(9-7-14)25(21,22)23)12-24-20-17(2,3)10-15(19)11-18(20,4)5;1-12(14(21)18-15(2,3)11-26(22,23)24)10-25-19-16(4,5)8-13(20)9-17(19,6)7;1-10(8-18-13(2,3)9-14)11-4-6-12(7-5-11)19(15,16)17;1-8(6-19-7-11(13)12(14)15)9-2-4-10(5-3-9)20(16,17)18;1-8(10(12)17)7-18-11-13-14-15-16(11)9-5-3-2-4-6-9;1-10(2,8-17-6-4-11)9(12)16-5-3-7-18(13,14)15;1-5(6(8)9)4-10-3-2-7;;;;;/h6-9,13,15H,10-12,19H2,1-5H3,(H,21,22,23);12-13,20H,8-11H2,1-7H3,(H,18,21)(H,22,23,24);4-7,10H,8-9,14H2,1-3H3,(H,15,16,17);2-5,8,11H,6-7,13H2,1H3,(H,14,15)(H,16,17,18);2-6,8H,7H2,1H3,(H2,12,17);3-8,11H2,1-2H3,(H,13,14,15);5H,2-4,7H2,1H3,(H2,8,9);;;;;/q;;;;;;;5*+1/p-5. The molecular formula is C87H145K3N14Na2O25S10. The summed E-state index contributed by atoms with van der Waals surface area (Å²) in [6, 6.07) is 26.8. The molecule has 778 valence electrons. The van der Waals surface area contributed by atoms with E-state index < -0.39 is 114 Å². The molecule has 141 heavy (non-hydrogen) atoms. The summed E-state index contributed by atoms with van der Waals surface area (Å²) in [6.07, 6.45) is 2.47. The van der Waals surface area contributed by atoms with Gasteiger partial charge in [0.25, 0.3) is 0 Å². The Kier molecular flexibility index (Phi) is 75.3. The molecule has 2 fully saturated rings. The Bertz CT molecular complexity index is 5070. The maximum Gasteiger partial charge on any atom is 1.00 e. The number of thioether (sulfide) groups is 5. The van der Waals surface area contributed by atoms with Gasteiger partial charge >= 0.3 is 225 Å². The van der Waals surface area contributed by atoms with E-state index in [1.54, 1.807) is 104 Å². The molecule has 2 aliphatic rings. The molecule has 0 saturated carbocycles. The van der Waals surface area contributed by atoms with Crippen LogP contribution >= 0.6 is 58.8 Å². The van der Waals surface area contributed by atoms with Crippen LogP contribution < -0.4 is 259 Å². The molecule has 2 saturated heterocycles. The Morgan fingerprint density at radius 2 is 0.950 bits per heavy atom. The number of nitrogens with one attached hydrogen (secondary N) is 1. The topological polar surface area (TPSA) is 684 Å². The van der Waals surface area contributed by atoms with Gasteiger partial charge in [0.2, 0.25) is 22.9 Å². The Morgan fingerprint density at radius 3 is 1.35 bits per heavy atom. The van der Waals surface area contributed by atoms with E-state index in [0.717, 1.165) is 58.2 Å². The molecule has 17 N–H and O–H groups in total. The number of hydroxylamine groups is 4. The molecule has 39 nitrogen and oxygen atoms in total. The number of ether oxygens (including phenoxy) is 1. The van der Waals surface area contributed by atoms with Gasteiger partial charge in [0.05, 0.1) is 83.6 Å². The van der Waals surface area contributed by atoms with Crippen molar-refractivity contribution in [1.82, 2.24) is 35.7 Å². The van der Waals surface area contributed by atoms with Crippen molar-refractivity contribution in [3.8, 4) is 5.69 Å². The second-order valence-electron chi connectivity index (χ2n) is 37.6. The molecule has 2 aliphatic heterocycles. The average molecular weight is 2270 g/mol. The third-order valence-corrected chi connectivity index (χ3v) is 31.8. The third kappa shape index (κ3) is 62.4. The van der Waals surface area contributed by atoms with Crippen LogP contribution in [0.3, 0.4) is 0 Å². The van der Waals surface area contributed by atoms with Gasteiger partial charge in [-0.05, 0) is 222 Å². The maximum absolute atomic E-state index is 12.3. The van der Waals surface area contributed by atoms with E-state index in [9.17, 15) is 93.9 Å². The number of carboxylic acid groups (broad SMARTS) is 1. The number of nitrogens with two attached hydrogens (primary N) is 7. The number of hydrogen-bond donors (Lipinski definition) is 10. The zero-order chi connectivity index (χ0) is 105. The molecule has 0 radical (unpaired) electrons. The van der Waals surface area contributed by atoms with Gasteiger partial charge in [-0.1, -0.05) is 108 Å². The van der Waals surface area contributed by atoms with Gasteiger partial charge in [-0.25, -0.2) is 42.1 Å². The molecule has 5 aromatic rings. The van der Waals surface area contributed by atoms with Crippen LogP contribution in [0.1, 0.15) is 205 Å². The molecule has 0 bridgehead atoms. The summed E-state index contributed by atoms with van der Waals surface area (Å²) in [6.45, 7) is 40.8. The number of nitrogens with zero attached hydrogens (tertiary/aromatic N) is 6. The van der Waals surface area contributed by atoms with Crippen LogP contribution in [0.4, 0.5) is 0 Å². The zero-order valence-electron chi connectivity index (χ0n) is 86.5. The van der Waals surface area contributed by atoms with Crippen molar-refractivity contribution >= 4 is 139 Å². The second kappa shape index (κ2) is 70.6. The number of amides is 3. The first-order valence-electron chi connectivity index (χ1n) is 43.6. The van der Waals surface area contributed by atoms with Crippen LogP contribution in [0, 0.1) is 23.2 Å². The first-order chi connectivity index (χ1) is 62.2. The van der Waals surface area contributed by atoms with Gasteiger partial charge in [-0.2, -0.15) is 61.9 Å². The summed E-state index contributed by atoms with van der Waals surface area (Å²) >= 11 is 7.84. The van der Waals surface area contributed by atoms with Crippen LogP contribution in [-0.2, 0) is 89.0 Å². The average Bonchev–Trinajstić information content (AvgIpc) is 1.70. The number of para-hydroxylation sites is 1. The van der Waals surface area contributed by atoms with Gasteiger partial charge in [0.1, 0.15) is 36.4 Å². The van der Waals surface area contributed by atoms with E-state index in [0.29, 0.717) is 67.3 Å². The molecule has 4 aromatic carbocycles. The van der Waals surface area contributed by atoms with Crippen molar-refractivity contribution in [2.75, 3.05) is 97.0 Å². The number of carbonyl (C=O) groups is 5. The number of esters is 1. The van der Waals surface area contributed by atoms with Crippen molar-refractivity contribution < 1.29 is 327 Å². The summed E-state index contributed by atoms with van der Waals surface area (Å²) in [5, 5.41) is 37.3. The fourth-order valence-corrected chi connectivity index (χ4v) is 21.1. The number of piperidine rings is 2. The van der Waals surface area contributed by atoms with Crippen LogP contribution in [0.15, 0.2) is 123 Å². The summed E-state index contributed by atoms with van der Waals surface area (Å²) in [5.74, 6) is 1.57. The van der Waals surface area contributed by atoms with Gasteiger partial charge in [0.15, 0.2) is 0 Å². The monoisotopic (exact) mass is 2270 g/mol. The number of carbonyl (C=O) groups excluding carboxylic acids is 4. The molecule has 0 aliphatic carbocycles. The van der Waals surface area contributed by atoms with Crippen molar-refractivity contribution in [1.29, 1.82) is 0 Å². The van der Waals surface area contributed by atoms with E-state index in [4.69, 9.17) is 59.7 Å². The van der Waals surface area contributed by atoms with Crippen LogP contribution in [0.25, 0.3) is 5.69 Å². The van der Waals surface area contributed by atoms with E-state index in [2.05, 4.69) is 74.4 Å². The van der Waals surface area contributed by atoms with Crippen molar-refractivity contribution in [3.63, 3.8) is 0 Å². The number of rotatable bonds is 44. The first-order valence-corrected chi connectivity index (χ1v) is 56.4. The van der Waals surface area contributed by atoms with E-state index in [1.165, 1.54) is 73.8 Å². The molecule has 7 unspecified atom stereocenters. The first kappa shape index (κ1) is 151. The fraction of sp³-hybridized carbons (Fsp3) is 0.655. The Balaban J connectivity index is -0.000000513. The zero-order valence-corrected chi connectivity index (χ0v) is 108. The largest absolute Gasteiger partial charge is 1.00 e. The number of primary amides is 2. The predicted molar refractivity (Wildman–Crippen MR) is 531 cm³/mol. The van der Waals surface area contributed by atoms with Gasteiger partial charge in [0, 0.05) is 122 Å². The maximum atomic E-state index is 12.3. The fourth-order valence-electron chi connectivity index (χ4n) is 13.4. The van der Waals surface area contributed by atoms with E-state index in [-0.39, 0.29) is 317 Å². The quantitative estimate of drug-likeness (QED) is 0.00569. The number of aliphatic carboxylic acids is 1. The number of aromatic nitrogens is 4. The number of aliphatic hydroxyl groups is 1. The summed E-state index contributed by atoms with van der Waals surface area (Å²) in [7, 11) is -21.9. The number of benzene rings is 4. The van der Waals surface area contributed by atoms with Crippen molar-refractivity contribution in [2.24, 2.45) is 63.3 Å². The number of carboxylic acids is 1.